The second-order valence-electron chi connectivity index (χ2n) is 6.52. The molecule has 2 aromatic rings. The SMILES string of the molecule is COc1ccccc1NC(=O)C1CC1C(=O)NCCCc1ccccc1. The van der Waals surface area contributed by atoms with Crippen molar-refractivity contribution in [3.63, 3.8) is 0 Å². The number of hydrogen-bond acceptors (Lipinski definition) is 3. The highest BCUT2D eigenvalue weighted by molar-refractivity contribution is 6.00. The van der Waals surface area contributed by atoms with Gasteiger partial charge in [-0.05, 0) is 37.0 Å². The number of benzene rings is 2. The van der Waals surface area contributed by atoms with E-state index in [1.54, 1.807) is 19.2 Å². The summed E-state index contributed by atoms with van der Waals surface area (Å²) >= 11 is 0. The van der Waals surface area contributed by atoms with Crippen molar-refractivity contribution in [1.29, 1.82) is 0 Å². The maximum absolute atomic E-state index is 12.3. The molecule has 1 aliphatic rings. The number of carbonyl (C=O) groups excluding carboxylic acids is 2. The third kappa shape index (κ3) is 4.63. The zero-order chi connectivity index (χ0) is 18.4. The first-order valence-electron chi connectivity index (χ1n) is 8.94. The number of methoxy groups -OCH3 is 1. The lowest BCUT2D eigenvalue weighted by molar-refractivity contribution is -0.125. The van der Waals surface area contributed by atoms with Gasteiger partial charge in [0.15, 0.2) is 0 Å². The molecule has 1 saturated carbocycles. The van der Waals surface area contributed by atoms with Crippen molar-refractivity contribution >= 4 is 17.5 Å². The Morgan fingerprint density at radius 2 is 1.69 bits per heavy atom. The monoisotopic (exact) mass is 352 g/mol. The van der Waals surface area contributed by atoms with Crippen molar-refractivity contribution < 1.29 is 14.3 Å². The Morgan fingerprint density at radius 1 is 1.00 bits per heavy atom. The van der Waals surface area contributed by atoms with Gasteiger partial charge in [-0.25, -0.2) is 0 Å². The number of nitrogens with one attached hydrogen (secondary N) is 2. The van der Waals surface area contributed by atoms with Gasteiger partial charge in [0.2, 0.25) is 11.8 Å². The maximum Gasteiger partial charge on any atom is 0.228 e. The molecule has 0 aliphatic heterocycles. The highest BCUT2D eigenvalue weighted by Crippen LogP contribution is 2.40. The van der Waals surface area contributed by atoms with Gasteiger partial charge in [0, 0.05) is 6.54 Å². The van der Waals surface area contributed by atoms with Gasteiger partial charge in [-0.1, -0.05) is 42.5 Å². The van der Waals surface area contributed by atoms with Gasteiger partial charge >= 0.3 is 0 Å². The Morgan fingerprint density at radius 3 is 2.46 bits per heavy atom. The Kier molecular flexibility index (Phi) is 5.89. The Bertz CT molecular complexity index is 761. The van der Waals surface area contributed by atoms with Crippen molar-refractivity contribution in [2.75, 3.05) is 19.0 Å². The highest BCUT2D eigenvalue weighted by Gasteiger charge is 2.47. The molecule has 5 heteroatoms. The molecule has 0 radical (unpaired) electrons. The summed E-state index contributed by atoms with van der Waals surface area (Å²) in [5, 5.41) is 5.80. The van der Waals surface area contributed by atoms with E-state index in [-0.39, 0.29) is 23.7 Å². The van der Waals surface area contributed by atoms with E-state index in [0.29, 0.717) is 24.4 Å². The summed E-state index contributed by atoms with van der Waals surface area (Å²) in [6.45, 7) is 0.630. The van der Waals surface area contributed by atoms with E-state index < -0.39 is 0 Å². The Labute approximate surface area is 153 Å². The number of rotatable bonds is 8. The van der Waals surface area contributed by atoms with E-state index in [9.17, 15) is 9.59 Å². The fourth-order valence-corrected chi connectivity index (χ4v) is 3.03. The lowest BCUT2D eigenvalue weighted by Crippen LogP contribution is -2.28. The molecule has 2 unspecified atom stereocenters. The minimum Gasteiger partial charge on any atom is -0.495 e. The van der Waals surface area contributed by atoms with Gasteiger partial charge in [0.1, 0.15) is 5.75 Å². The fourth-order valence-electron chi connectivity index (χ4n) is 3.03. The summed E-state index contributed by atoms with van der Waals surface area (Å²) < 4.78 is 5.23. The summed E-state index contributed by atoms with van der Waals surface area (Å²) in [4.78, 5) is 24.5. The zero-order valence-corrected chi connectivity index (χ0v) is 14.9. The molecule has 3 rings (SSSR count). The van der Waals surface area contributed by atoms with Crippen LogP contribution in [0, 0.1) is 11.8 Å². The first-order valence-corrected chi connectivity index (χ1v) is 8.94. The van der Waals surface area contributed by atoms with Crippen molar-refractivity contribution in [2.45, 2.75) is 19.3 Å². The molecule has 1 fully saturated rings. The van der Waals surface area contributed by atoms with E-state index in [0.717, 1.165) is 12.8 Å². The van der Waals surface area contributed by atoms with Crippen LogP contribution in [0.15, 0.2) is 54.6 Å². The molecule has 0 bridgehead atoms. The van der Waals surface area contributed by atoms with Crippen LogP contribution >= 0.6 is 0 Å². The van der Waals surface area contributed by atoms with Crippen LogP contribution in [-0.4, -0.2) is 25.5 Å². The van der Waals surface area contributed by atoms with Crippen LogP contribution in [0.3, 0.4) is 0 Å². The van der Waals surface area contributed by atoms with Crippen LogP contribution in [0.25, 0.3) is 0 Å². The lowest BCUT2D eigenvalue weighted by atomic mass is 10.1. The lowest BCUT2D eigenvalue weighted by Gasteiger charge is -2.09. The van der Waals surface area contributed by atoms with Gasteiger partial charge in [0.25, 0.3) is 0 Å². The molecule has 0 heterocycles. The summed E-state index contributed by atoms with van der Waals surface area (Å²) in [5.74, 6) is -0.0175. The number of aryl methyl sites for hydroxylation is 1. The van der Waals surface area contributed by atoms with Crippen LogP contribution in [0.4, 0.5) is 5.69 Å². The van der Waals surface area contributed by atoms with Crippen LogP contribution in [0.2, 0.25) is 0 Å². The normalized spacial score (nSPS) is 18.0. The molecule has 2 amide bonds. The summed E-state index contributed by atoms with van der Waals surface area (Å²) in [6.07, 6.45) is 2.43. The predicted molar refractivity (Wildman–Crippen MR) is 101 cm³/mol. The molecule has 2 atom stereocenters. The van der Waals surface area contributed by atoms with Crippen LogP contribution in [0.5, 0.6) is 5.75 Å². The largest absolute Gasteiger partial charge is 0.495 e. The smallest absolute Gasteiger partial charge is 0.228 e. The molecule has 0 spiro atoms. The molecule has 136 valence electrons. The maximum atomic E-state index is 12.3. The number of para-hydroxylation sites is 2. The number of anilines is 1. The van der Waals surface area contributed by atoms with Gasteiger partial charge in [-0.2, -0.15) is 0 Å². The van der Waals surface area contributed by atoms with Crippen LogP contribution in [0.1, 0.15) is 18.4 Å². The summed E-state index contributed by atoms with van der Waals surface area (Å²) in [6, 6.07) is 17.5. The second kappa shape index (κ2) is 8.52. The van der Waals surface area contributed by atoms with Gasteiger partial charge in [0.05, 0.1) is 24.6 Å². The molecule has 2 aromatic carbocycles. The third-order valence-electron chi connectivity index (χ3n) is 4.61. The van der Waals surface area contributed by atoms with Crippen LogP contribution < -0.4 is 15.4 Å². The predicted octanol–water partition coefficient (Wildman–Crippen LogP) is 3.02. The molecule has 0 saturated heterocycles. The second-order valence-corrected chi connectivity index (χ2v) is 6.52. The van der Waals surface area contributed by atoms with Crippen LogP contribution in [-0.2, 0) is 16.0 Å². The molecule has 2 N–H and O–H groups in total. The van der Waals surface area contributed by atoms with Gasteiger partial charge in [-0.15, -0.1) is 0 Å². The van der Waals surface area contributed by atoms with E-state index >= 15 is 0 Å². The van der Waals surface area contributed by atoms with Crippen molar-refractivity contribution in [1.82, 2.24) is 5.32 Å². The average Bonchev–Trinajstić information content (AvgIpc) is 3.47. The Balaban J connectivity index is 1.40. The van der Waals surface area contributed by atoms with E-state index in [1.807, 2.05) is 30.3 Å². The number of carbonyl (C=O) groups is 2. The third-order valence-corrected chi connectivity index (χ3v) is 4.61. The first kappa shape index (κ1) is 18.0. The van der Waals surface area contributed by atoms with Crippen molar-refractivity contribution in [3.05, 3.63) is 60.2 Å². The summed E-state index contributed by atoms with van der Waals surface area (Å²) in [5.41, 5.74) is 1.90. The zero-order valence-electron chi connectivity index (χ0n) is 14.9. The summed E-state index contributed by atoms with van der Waals surface area (Å²) in [7, 11) is 1.56. The van der Waals surface area contributed by atoms with E-state index in [4.69, 9.17) is 4.74 Å². The van der Waals surface area contributed by atoms with E-state index in [2.05, 4.69) is 22.8 Å². The highest BCUT2D eigenvalue weighted by atomic mass is 16.5. The minimum atomic E-state index is -0.256. The number of amides is 2. The molecular weight excluding hydrogens is 328 g/mol. The minimum absolute atomic E-state index is 0.0294. The molecule has 0 aromatic heterocycles. The van der Waals surface area contributed by atoms with Gasteiger partial charge in [-0.3, -0.25) is 9.59 Å². The van der Waals surface area contributed by atoms with Gasteiger partial charge < -0.3 is 15.4 Å². The molecular formula is C21H24N2O3. The Hall–Kier alpha value is -2.82. The fraction of sp³-hybridized carbons (Fsp3) is 0.333. The van der Waals surface area contributed by atoms with Crippen molar-refractivity contribution in [2.24, 2.45) is 11.8 Å². The quantitative estimate of drug-likeness (QED) is 0.718. The topological polar surface area (TPSA) is 67.4 Å². The average molecular weight is 352 g/mol. The van der Waals surface area contributed by atoms with E-state index in [1.165, 1.54) is 5.56 Å². The molecule has 1 aliphatic carbocycles. The number of hydrogen-bond donors (Lipinski definition) is 2. The standard InChI is InChI=1S/C21H24N2O3/c1-26-19-12-6-5-11-18(19)23-21(25)17-14-16(17)20(24)22-13-7-10-15-8-3-2-4-9-15/h2-6,8-9,11-12,16-17H,7,10,13-14H2,1H3,(H,22,24)(H,23,25). The molecule has 5 nitrogen and oxygen atoms in total. The number of ether oxygens (including phenoxy) is 1. The molecule has 26 heavy (non-hydrogen) atoms. The first-order chi connectivity index (χ1) is 12.7. The van der Waals surface area contributed by atoms with Crippen molar-refractivity contribution in [3.8, 4) is 5.75 Å².